The third-order valence-corrected chi connectivity index (χ3v) is 12.2. The van der Waals surface area contributed by atoms with Crippen LogP contribution in [0.5, 0.6) is 0 Å². The number of anilines is 3. The van der Waals surface area contributed by atoms with Crippen LogP contribution in [-0.4, -0.2) is 4.57 Å². The maximum Gasteiger partial charge on any atom is 0.143 e. The van der Waals surface area contributed by atoms with E-state index < -0.39 is 0 Å². The van der Waals surface area contributed by atoms with Gasteiger partial charge < -0.3 is 13.9 Å². The first-order valence-electron chi connectivity index (χ1n) is 20.8. The molecule has 2 aromatic heterocycles. The molecule has 0 unspecified atom stereocenters. The molecule has 0 aliphatic rings. The number of fused-ring (bicyclic) bond motifs is 7. The smallest absolute Gasteiger partial charge is 0.143 e. The third-order valence-electron chi connectivity index (χ3n) is 12.2. The predicted molar refractivity (Wildman–Crippen MR) is 257 cm³/mol. The van der Waals surface area contributed by atoms with Crippen molar-refractivity contribution in [2.75, 3.05) is 4.90 Å². The number of furan rings is 1. The maximum atomic E-state index is 6.65. The molecular weight excluding hydrogens is 741 g/mol. The fourth-order valence-electron chi connectivity index (χ4n) is 9.46. The molecule has 12 aromatic rings. The van der Waals surface area contributed by atoms with Gasteiger partial charge in [0.1, 0.15) is 11.2 Å². The summed E-state index contributed by atoms with van der Waals surface area (Å²) in [5, 5.41) is 7.20. The Bertz CT molecular complexity index is 3550. The number of para-hydroxylation sites is 6. The summed E-state index contributed by atoms with van der Waals surface area (Å²) in [4.78, 5) is 2.40. The first-order valence-corrected chi connectivity index (χ1v) is 20.8. The van der Waals surface area contributed by atoms with E-state index in [9.17, 15) is 0 Å². The molecule has 3 nitrogen and oxygen atoms in total. The molecule has 0 amide bonds. The topological polar surface area (TPSA) is 21.3 Å². The van der Waals surface area contributed by atoms with E-state index in [1.54, 1.807) is 0 Å². The summed E-state index contributed by atoms with van der Waals surface area (Å²) in [6.07, 6.45) is 0. The van der Waals surface area contributed by atoms with E-state index >= 15 is 0 Å². The van der Waals surface area contributed by atoms with Crippen LogP contribution in [0, 0.1) is 0 Å². The summed E-state index contributed by atoms with van der Waals surface area (Å²) < 4.78 is 9.07. The van der Waals surface area contributed by atoms with Crippen molar-refractivity contribution in [3.05, 3.63) is 231 Å². The van der Waals surface area contributed by atoms with E-state index in [0.29, 0.717) is 0 Å². The molecule has 286 valence electrons. The van der Waals surface area contributed by atoms with Crippen LogP contribution < -0.4 is 4.90 Å². The molecule has 2 heterocycles. The SMILES string of the molecule is c1cc(-c2ccccc2-n2c3ccccc3c3ccccc32)cc(N(c2ccc(-c3cccc4ccccc34)cc2)c2ccccc2-c2cccc3c2oc2ccccc23)c1. The Morgan fingerprint density at radius 2 is 0.918 bits per heavy atom. The highest BCUT2D eigenvalue weighted by molar-refractivity contribution is 6.12. The monoisotopic (exact) mass is 778 g/mol. The molecule has 0 radical (unpaired) electrons. The maximum absolute atomic E-state index is 6.65. The Morgan fingerprint density at radius 3 is 1.74 bits per heavy atom. The van der Waals surface area contributed by atoms with E-state index in [4.69, 9.17) is 4.42 Å². The van der Waals surface area contributed by atoms with E-state index in [0.717, 1.165) is 66.9 Å². The van der Waals surface area contributed by atoms with Crippen molar-refractivity contribution in [3.8, 4) is 39.1 Å². The molecule has 10 aromatic carbocycles. The second-order valence-corrected chi connectivity index (χ2v) is 15.6. The van der Waals surface area contributed by atoms with Gasteiger partial charge in [-0.2, -0.15) is 0 Å². The molecule has 0 saturated carbocycles. The van der Waals surface area contributed by atoms with Gasteiger partial charge in [0.15, 0.2) is 0 Å². The van der Waals surface area contributed by atoms with Crippen LogP contribution >= 0.6 is 0 Å². The number of aromatic nitrogens is 1. The van der Waals surface area contributed by atoms with Crippen molar-refractivity contribution in [1.29, 1.82) is 0 Å². The molecule has 0 spiro atoms. The summed E-state index contributed by atoms with van der Waals surface area (Å²) in [5.74, 6) is 0. The van der Waals surface area contributed by atoms with Crippen LogP contribution in [0.2, 0.25) is 0 Å². The average Bonchev–Trinajstić information content (AvgIpc) is 3.88. The van der Waals surface area contributed by atoms with Gasteiger partial charge in [-0.15, -0.1) is 0 Å². The van der Waals surface area contributed by atoms with Crippen molar-refractivity contribution in [2.24, 2.45) is 0 Å². The summed E-state index contributed by atoms with van der Waals surface area (Å²) in [5.41, 5.74) is 15.3. The van der Waals surface area contributed by atoms with Crippen molar-refractivity contribution in [3.63, 3.8) is 0 Å². The van der Waals surface area contributed by atoms with Gasteiger partial charge in [0.05, 0.1) is 22.4 Å². The molecule has 61 heavy (non-hydrogen) atoms. The quantitative estimate of drug-likeness (QED) is 0.161. The lowest BCUT2D eigenvalue weighted by Gasteiger charge is -2.28. The molecular formula is C58H38N2O. The molecule has 3 heteroatoms. The summed E-state index contributed by atoms with van der Waals surface area (Å²) in [7, 11) is 0. The summed E-state index contributed by atoms with van der Waals surface area (Å²) in [6, 6.07) is 82.9. The number of rotatable bonds is 7. The highest BCUT2D eigenvalue weighted by Gasteiger charge is 2.22. The number of hydrogen-bond acceptors (Lipinski definition) is 2. The zero-order valence-electron chi connectivity index (χ0n) is 33.2. The van der Waals surface area contributed by atoms with Gasteiger partial charge in [-0.25, -0.2) is 0 Å². The van der Waals surface area contributed by atoms with E-state index in [1.807, 2.05) is 6.07 Å². The lowest BCUT2D eigenvalue weighted by molar-refractivity contribution is 0.670. The summed E-state index contributed by atoms with van der Waals surface area (Å²) >= 11 is 0. The van der Waals surface area contributed by atoms with E-state index in [1.165, 1.54) is 43.7 Å². The van der Waals surface area contributed by atoms with Gasteiger partial charge in [-0.1, -0.05) is 176 Å². The lowest BCUT2D eigenvalue weighted by Crippen LogP contribution is -2.11. The predicted octanol–water partition coefficient (Wildman–Crippen LogP) is 16.3. The minimum atomic E-state index is 0.885. The van der Waals surface area contributed by atoms with Gasteiger partial charge in [-0.05, 0) is 82.1 Å². The Morgan fingerprint density at radius 1 is 0.344 bits per heavy atom. The molecule has 0 saturated heterocycles. The second-order valence-electron chi connectivity index (χ2n) is 15.6. The largest absolute Gasteiger partial charge is 0.455 e. The van der Waals surface area contributed by atoms with Gasteiger partial charge >= 0.3 is 0 Å². The van der Waals surface area contributed by atoms with Gasteiger partial charge in [-0.3, -0.25) is 0 Å². The molecule has 0 bridgehead atoms. The Balaban J connectivity index is 1.06. The van der Waals surface area contributed by atoms with Gasteiger partial charge in [0, 0.05) is 49.6 Å². The Hall–Kier alpha value is -8.14. The molecule has 0 aliphatic heterocycles. The van der Waals surface area contributed by atoms with Crippen molar-refractivity contribution in [1.82, 2.24) is 4.57 Å². The molecule has 0 N–H and O–H groups in total. The Kier molecular flexibility index (Phi) is 8.17. The number of nitrogens with zero attached hydrogens (tertiary/aromatic N) is 2. The molecule has 12 rings (SSSR count). The minimum absolute atomic E-state index is 0.885. The van der Waals surface area contributed by atoms with Gasteiger partial charge in [0.2, 0.25) is 0 Å². The van der Waals surface area contributed by atoms with Crippen molar-refractivity contribution in [2.45, 2.75) is 0 Å². The van der Waals surface area contributed by atoms with E-state index in [2.05, 4.69) is 234 Å². The van der Waals surface area contributed by atoms with Crippen molar-refractivity contribution >= 4 is 71.6 Å². The lowest BCUT2D eigenvalue weighted by atomic mass is 9.97. The first-order chi connectivity index (χ1) is 30.3. The standard InChI is InChI=1S/C58H38N2O/c1-2-20-44-39(16-1)17-14-26-45(44)40-34-36-42(37-35-40)59(54-30-9-6-24-49(54)51-27-15-28-52-50-25-7-12-33-57(50)61-58(51)52)43-19-13-18-41(38-43)46-21-3-8-29-53(46)60-55-31-10-4-22-47(55)48-23-5-11-32-56(48)60/h1-38H. The zero-order valence-corrected chi connectivity index (χ0v) is 33.2. The fraction of sp³-hybridized carbons (Fsp3) is 0. The van der Waals surface area contributed by atoms with Crippen LogP contribution in [0.4, 0.5) is 17.1 Å². The highest BCUT2D eigenvalue weighted by Crippen LogP contribution is 2.46. The normalized spacial score (nSPS) is 11.6. The van der Waals surface area contributed by atoms with Crippen LogP contribution in [0.15, 0.2) is 235 Å². The van der Waals surface area contributed by atoms with E-state index in [-0.39, 0.29) is 0 Å². The molecule has 0 aliphatic carbocycles. The molecule has 0 atom stereocenters. The minimum Gasteiger partial charge on any atom is -0.455 e. The van der Waals surface area contributed by atoms with Crippen LogP contribution in [0.1, 0.15) is 0 Å². The van der Waals surface area contributed by atoms with Crippen LogP contribution in [0.3, 0.4) is 0 Å². The molecule has 0 fully saturated rings. The zero-order chi connectivity index (χ0) is 40.3. The summed E-state index contributed by atoms with van der Waals surface area (Å²) in [6.45, 7) is 0. The Labute approximate surface area is 353 Å². The number of hydrogen-bond donors (Lipinski definition) is 0. The van der Waals surface area contributed by atoms with Crippen LogP contribution in [-0.2, 0) is 0 Å². The average molecular weight is 779 g/mol. The van der Waals surface area contributed by atoms with Crippen molar-refractivity contribution < 1.29 is 4.42 Å². The fourth-order valence-corrected chi connectivity index (χ4v) is 9.46. The van der Waals surface area contributed by atoms with Gasteiger partial charge in [0.25, 0.3) is 0 Å². The van der Waals surface area contributed by atoms with Crippen LogP contribution in [0.25, 0.3) is 93.6 Å². The highest BCUT2D eigenvalue weighted by atomic mass is 16.3. The first kappa shape index (κ1) is 34.9. The third kappa shape index (κ3) is 5.74. The second kappa shape index (κ2) is 14.3. The number of benzene rings is 10.